The van der Waals surface area contributed by atoms with Gasteiger partial charge in [-0.25, -0.2) is 9.59 Å². The number of amides is 1. The number of ether oxygens (including phenoxy) is 1. The van der Waals surface area contributed by atoms with E-state index in [-0.39, 0.29) is 27.8 Å². The Morgan fingerprint density at radius 2 is 1.07 bits per heavy atom. The van der Waals surface area contributed by atoms with E-state index in [4.69, 9.17) is 4.74 Å². The van der Waals surface area contributed by atoms with E-state index in [1.54, 1.807) is 36.4 Å². The number of hydrogen-bond donors (Lipinski definition) is 4. The van der Waals surface area contributed by atoms with Crippen LogP contribution in [-0.2, 0) is 0 Å². The Hall–Kier alpha value is -5.77. The van der Waals surface area contributed by atoms with E-state index in [1.165, 1.54) is 31.2 Å². The first-order valence-electron chi connectivity index (χ1n) is 12.2. The number of benzene rings is 4. The first-order valence-corrected chi connectivity index (χ1v) is 12.2. The summed E-state index contributed by atoms with van der Waals surface area (Å²) >= 11 is 0. The summed E-state index contributed by atoms with van der Waals surface area (Å²) in [5, 5.41) is 24.8. The van der Waals surface area contributed by atoms with Gasteiger partial charge in [0.1, 0.15) is 11.5 Å². The number of aromatic carboxylic acids is 2. The zero-order valence-corrected chi connectivity index (χ0v) is 21.9. The largest absolute Gasteiger partial charge is 0.478 e. The maximum absolute atomic E-state index is 13.1. The second-order valence-corrected chi connectivity index (χ2v) is 8.87. The highest BCUT2D eigenvalue weighted by molar-refractivity contribution is 6.15. The van der Waals surface area contributed by atoms with Crippen molar-refractivity contribution in [2.45, 2.75) is 6.92 Å². The van der Waals surface area contributed by atoms with Gasteiger partial charge in [0.05, 0.1) is 16.7 Å². The van der Waals surface area contributed by atoms with Crippen molar-refractivity contribution in [3.8, 4) is 11.5 Å². The maximum atomic E-state index is 13.1. The Morgan fingerprint density at radius 3 is 1.54 bits per heavy atom. The molecule has 0 aliphatic rings. The lowest BCUT2D eigenvalue weighted by Gasteiger charge is -2.11. The summed E-state index contributed by atoms with van der Waals surface area (Å²) < 4.78 is 5.78. The second kappa shape index (κ2) is 12.0. The molecule has 0 bridgehead atoms. The number of carboxylic acid groups (broad SMARTS) is 2. The Kier molecular flexibility index (Phi) is 8.24. The number of ketones is 2. The van der Waals surface area contributed by atoms with Gasteiger partial charge in [0.25, 0.3) is 5.91 Å². The summed E-state index contributed by atoms with van der Waals surface area (Å²) in [6.07, 6.45) is 0. The zero-order valence-electron chi connectivity index (χ0n) is 21.9. The number of Topliss-reactive ketones (excluding diaryl/α,β-unsaturated/α-hetero) is 1. The minimum absolute atomic E-state index is 0.0544. The van der Waals surface area contributed by atoms with Crippen LogP contribution in [0.25, 0.3) is 0 Å². The van der Waals surface area contributed by atoms with Gasteiger partial charge in [0.2, 0.25) is 0 Å². The van der Waals surface area contributed by atoms with E-state index >= 15 is 0 Å². The zero-order chi connectivity index (χ0) is 29.7. The molecule has 10 heteroatoms. The van der Waals surface area contributed by atoms with Crippen molar-refractivity contribution in [2.24, 2.45) is 0 Å². The van der Waals surface area contributed by atoms with Crippen LogP contribution in [0.4, 0.5) is 11.4 Å². The molecule has 0 atom stereocenters. The maximum Gasteiger partial charge on any atom is 0.336 e. The number of carbonyl (C=O) groups is 5. The van der Waals surface area contributed by atoms with Gasteiger partial charge in [-0.05, 0) is 79.7 Å². The highest BCUT2D eigenvalue weighted by Gasteiger charge is 2.22. The number of carboxylic acids is 2. The number of carbonyl (C=O) groups excluding carboxylic acids is 3. The first kappa shape index (κ1) is 28.2. The first-order chi connectivity index (χ1) is 19.6. The fourth-order valence-electron chi connectivity index (χ4n) is 4.03. The van der Waals surface area contributed by atoms with Crippen LogP contribution in [0.2, 0.25) is 0 Å². The number of rotatable bonds is 10. The molecule has 10 nitrogen and oxygen atoms in total. The van der Waals surface area contributed by atoms with Crippen molar-refractivity contribution in [1.29, 1.82) is 0 Å². The molecule has 41 heavy (non-hydrogen) atoms. The standard InChI is InChI=1S/C31H24N2O8/c1-17(34)24-13-3-18(15-26(24)30(37)38)28(35)19-4-14-25(27(16-19)31(39)40)29(36)33-21-7-11-23(12-8-21)41-22-9-5-20(32-2)6-10-22/h3-16,32H,1-2H3,(H,33,36)(H,37,38)(H,39,40). The van der Waals surface area contributed by atoms with Gasteiger partial charge in [-0.15, -0.1) is 0 Å². The van der Waals surface area contributed by atoms with Crippen LogP contribution < -0.4 is 15.4 Å². The smallest absolute Gasteiger partial charge is 0.336 e. The average Bonchev–Trinajstić information content (AvgIpc) is 2.97. The van der Waals surface area contributed by atoms with Crippen molar-refractivity contribution < 1.29 is 38.9 Å². The molecule has 0 fully saturated rings. The van der Waals surface area contributed by atoms with E-state index in [0.717, 1.165) is 17.8 Å². The minimum Gasteiger partial charge on any atom is -0.478 e. The summed E-state index contributed by atoms with van der Waals surface area (Å²) in [6, 6.07) is 20.9. The van der Waals surface area contributed by atoms with Crippen molar-refractivity contribution in [3.05, 3.63) is 118 Å². The molecular weight excluding hydrogens is 528 g/mol. The molecule has 4 rings (SSSR count). The van der Waals surface area contributed by atoms with Crippen molar-refractivity contribution in [2.75, 3.05) is 17.7 Å². The van der Waals surface area contributed by atoms with Gasteiger partial charge in [0.15, 0.2) is 11.6 Å². The molecule has 0 saturated carbocycles. The van der Waals surface area contributed by atoms with Gasteiger partial charge < -0.3 is 25.6 Å². The predicted octanol–water partition coefficient (Wildman–Crippen LogP) is 5.60. The summed E-state index contributed by atoms with van der Waals surface area (Å²) in [4.78, 5) is 61.3. The number of hydrogen-bond acceptors (Lipinski definition) is 7. The van der Waals surface area contributed by atoms with Crippen molar-refractivity contribution in [1.82, 2.24) is 0 Å². The lowest BCUT2D eigenvalue weighted by Crippen LogP contribution is -2.17. The molecule has 0 saturated heterocycles. The summed E-state index contributed by atoms with van der Waals surface area (Å²) in [5.74, 6) is -3.54. The number of nitrogens with one attached hydrogen (secondary N) is 2. The Balaban J connectivity index is 1.53. The van der Waals surface area contributed by atoms with Crippen molar-refractivity contribution in [3.63, 3.8) is 0 Å². The summed E-state index contributed by atoms with van der Waals surface area (Å²) in [7, 11) is 1.81. The molecule has 1 amide bonds. The Morgan fingerprint density at radius 1 is 0.610 bits per heavy atom. The fourth-order valence-corrected chi connectivity index (χ4v) is 4.03. The molecule has 206 valence electrons. The van der Waals surface area contributed by atoms with E-state index in [2.05, 4.69) is 10.6 Å². The molecule has 0 heterocycles. The van der Waals surface area contributed by atoms with Crippen LogP contribution in [0.1, 0.15) is 64.3 Å². The van der Waals surface area contributed by atoms with E-state index in [1.807, 2.05) is 19.2 Å². The molecule has 0 radical (unpaired) electrons. The number of anilines is 2. The third kappa shape index (κ3) is 6.45. The Bertz CT molecular complexity index is 1680. The summed E-state index contributed by atoms with van der Waals surface area (Å²) in [6.45, 7) is 1.21. The van der Waals surface area contributed by atoms with E-state index in [9.17, 15) is 34.2 Å². The second-order valence-electron chi connectivity index (χ2n) is 8.87. The van der Waals surface area contributed by atoms with Gasteiger partial charge >= 0.3 is 11.9 Å². The molecular formula is C31H24N2O8. The Labute approximate surface area is 234 Å². The molecule has 0 spiro atoms. The fraction of sp³-hybridized carbons (Fsp3) is 0.0645. The topological polar surface area (TPSA) is 159 Å². The van der Waals surface area contributed by atoms with Gasteiger partial charge in [0, 0.05) is 35.1 Å². The van der Waals surface area contributed by atoms with Crippen LogP contribution in [0.5, 0.6) is 11.5 Å². The van der Waals surface area contributed by atoms with Crippen LogP contribution >= 0.6 is 0 Å². The van der Waals surface area contributed by atoms with Crippen LogP contribution in [0.3, 0.4) is 0 Å². The van der Waals surface area contributed by atoms with Crippen LogP contribution in [-0.4, -0.2) is 46.7 Å². The summed E-state index contributed by atoms with van der Waals surface area (Å²) in [5.41, 5.74) is 0.182. The molecule has 0 aliphatic heterocycles. The lowest BCUT2D eigenvalue weighted by atomic mass is 9.94. The van der Waals surface area contributed by atoms with Crippen LogP contribution in [0, 0.1) is 0 Å². The molecule has 0 aromatic heterocycles. The molecule has 0 aliphatic carbocycles. The quantitative estimate of drug-likeness (QED) is 0.184. The van der Waals surface area contributed by atoms with E-state index in [0.29, 0.717) is 17.2 Å². The van der Waals surface area contributed by atoms with Gasteiger partial charge in [-0.3, -0.25) is 14.4 Å². The third-order valence-electron chi connectivity index (χ3n) is 6.14. The normalized spacial score (nSPS) is 10.4. The molecule has 4 aromatic rings. The van der Waals surface area contributed by atoms with Crippen LogP contribution in [0.15, 0.2) is 84.9 Å². The molecule has 4 N–H and O–H groups in total. The molecule has 4 aromatic carbocycles. The van der Waals surface area contributed by atoms with Crippen molar-refractivity contribution >= 4 is 40.8 Å². The molecule has 0 unspecified atom stereocenters. The van der Waals surface area contributed by atoms with Gasteiger partial charge in [-0.1, -0.05) is 12.1 Å². The van der Waals surface area contributed by atoms with E-state index < -0.39 is 35.0 Å². The predicted molar refractivity (Wildman–Crippen MR) is 151 cm³/mol. The SMILES string of the molecule is CNc1ccc(Oc2ccc(NC(=O)c3ccc(C(=O)c4ccc(C(C)=O)c(C(=O)O)c4)cc3C(=O)O)cc2)cc1. The highest BCUT2D eigenvalue weighted by Crippen LogP contribution is 2.25. The third-order valence-corrected chi connectivity index (χ3v) is 6.14. The average molecular weight is 553 g/mol. The minimum atomic E-state index is -1.43. The lowest BCUT2D eigenvalue weighted by molar-refractivity contribution is 0.0683. The monoisotopic (exact) mass is 552 g/mol. The highest BCUT2D eigenvalue weighted by atomic mass is 16.5. The van der Waals surface area contributed by atoms with Gasteiger partial charge in [-0.2, -0.15) is 0 Å².